The standard InChI is InChI=1S/C15H11F2S/c1-10-8-11-2-3-13(17)9-15(11)18(10)14-6-4-12(16)5-7-14/h2-9H,1H3/q+1. The zero-order valence-corrected chi connectivity index (χ0v) is 10.6. The fourth-order valence-corrected chi connectivity index (χ4v) is 4.36. The van der Waals surface area contributed by atoms with E-state index in [1.54, 1.807) is 24.3 Å². The highest BCUT2D eigenvalue weighted by atomic mass is 32.2. The van der Waals surface area contributed by atoms with Gasteiger partial charge in [0, 0.05) is 47.0 Å². The van der Waals surface area contributed by atoms with E-state index >= 15 is 0 Å². The van der Waals surface area contributed by atoms with Gasteiger partial charge in [-0.2, -0.15) is 0 Å². The van der Waals surface area contributed by atoms with Crippen molar-refractivity contribution in [1.82, 2.24) is 0 Å². The summed E-state index contributed by atoms with van der Waals surface area (Å²) >= 11 is 0. The molecule has 3 rings (SSSR count). The van der Waals surface area contributed by atoms with Gasteiger partial charge in [0.05, 0.1) is 0 Å². The number of rotatable bonds is 1. The minimum absolute atomic E-state index is 0.225. The second kappa shape index (κ2) is 4.18. The molecule has 3 heteroatoms. The van der Waals surface area contributed by atoms with E-state index in [0.29, 0.717) is 0 Å². The number of halogens is 2. The number of aryl methyl sites for hydroxylation is 1. The summed E-state index contributed by atoms with van der Waals surface area (Å²) in [7, 11) is -0.274. The average molecular weight is 261 g/mol. The van der Waals surface area contributed by atoms with Gasteiger partial charge in [0.25, 0.3) is 0 Å². The van der Waals surface area contributed by atoms with Gasteiger partial charge >= 0.3 is 0 Å². The Morgan fingerprint density at radius 3 is 2.22 bits per heavy atom. The summed E-state index contributed by atoms with van der Waals surface area (Å²) in [4.78, 5) is 2.21. The van der Waals surface area contributed by atoms with Gasteiger partial charge in [0.15, 0.2) is 14.5 Å². The van der Waals surface area contributed by atoms with Crippen molar-refractivity contribution in [1.29, 1.82) is 0 Å². The quantitative estimate of drug-likeness (QED) is 0.530. The second-order valence-corrected chi connectivity index (χ2v) is 6.36. The van der Waals surface area contributed by atoms with E-state index in [0.717, 1.165) is 15.0 Å². The highest BCUT2D eigenvalue weighted by Crippen LogP contribution is 2.43. The van der Waals surface area contributed by atoms with Gasteiger partial charge in [-0.15, -0.1) is 0 Å². The van der Waals surface area contributed by atoms with Crippen LogP contribution in [0, 0.1) is 18.6 Å². The first kappa shape index (κ1) is 11.4. The van der Waals surface area contributed by atoms with Crippen LogP contribution in [0.5, 0.6) is 0 Å². The Morgan fingerprint density at radius 2 is 1.50 bits per heavy atom. The lowest BCUT2D eigenvalue weighted by Crippen LogP contribution is -1.75. The number of hydrogen-bond donors (Lipinski definition) is 0. The number of fused-ring (bicyclic) bond motifs is 1. The van der Waals surface area contributed by atoms with E-state index in [1.807, 2.05) is 6.92 Å². The monoisotopic (exact) mass is 261 g/mol. The molecular formula is C15H11F2S+. The summed E-state index contributed by atoms with van der Waals surface area (Å²) < 4.78 is 27.3. The molecule has 2 aromatic carbocycles. The van der Waals surface area contributed by atoms with Crippen molar-refractivity contribution >= 4 is 20.6 Å². The summed E-state index contributed by atoms with van der Waals surface area (Å²) in [5.74, 6) is -0.473. The summed E-state index contributed by atoms with van der Waals surface area (Å²) in [5, 5.41) is 1.06. The molecule has 0 aliphatic rings. The molecule has 0 aliphatic carbocycles. The zero-order valence-electron chi connectivity index (χ0n) is 9.78. The molecule has 90 valence electrons. The van der Waals surface area contributed by atoms with Gasteiger partial charge in [-0.3, -0.25) is 0 Å². The van der Waals surface area contributed by atoms with Crippen LogP contribution in [0.2, 0.25) is 0 Å². The molecule has 0 radical (unpaired) electrons. The molecule has 0 nitrogen and oxygen atoms in total. The highest BCUT2D eigenvalue weighted by Gasteiger charge is 2.20. The van der Waals surface area contributed by atoms with Crippen molar-refractivity contribution in [3.8, 4) is 4.90 Å². The van der Waals surface area contributed by atoms with Gasteiger partial charge in [-0.1, -0.05) is 0 Å². The summed E-state index contributed by atoms with van der Waals surface area (Å²) in [6.07, 6.45) is 0. The van der Waals surface area contributed by atoms with E-state index in [2.05, 4.69) is 6.07 Å². The number of hydrogen-bond acceptors (Lipinski definition) is 0. The van der Waals surface area contributed by atoms with Crippen molar-refractivity contribution in [2.45, 2.75) is 6.92 Å². The maximum absolute atomic E-state index is 13.4. The highest BCUT2D eigenvalue weighted by molar-refractivity contribution is 7.45. The lowest BCUT2D eigenvalue weighted by Gasteiger charge is -1.94. The third kappa shape index (κ3) is 1.81. The Hall–Kier alpha value is -1.74. The lowest BCUT2D eigenvalue weighted by atomic mass is 10.2. The van der Waals surface area contributed by atoms with E-state index in [1.165, 1.54) is 23.1 Å². The van der Waals surface area contributed by atoms with Crippen molar-refractivity contribution in [2.24, 2.45) is 0 Å². The van der Waals surface area contributed by atoms with Gasteiger partial charge in [0.1, 0.15) is 11.6 Å². The molecule has 1 unspecified atom stereocenters. The molecule has 1 heterocycles. The van der Waals surface area contributed by atoms with Gasteiger partial charge in [0.2, 0.25) is 0 Å². The average Bonchev–Trinajstić information content (AvgIpc) is 2.66. The third-order valence-corrected chi connectivity index (χ3v) is 5.22. The van der Waals surface area contributed by atoms with E-state index in [9.17, 15) is 8.78 Å². The second-order valence-electron chi connectivity index (χ2n) is 4.20. The van der Waals surface area contributed by atoms with Crippen LogP contribution >= 0.6 is 10.5 Å². The first-order valence-electron chi connectivity index (χ1n) is 5.63. The van der Waals surface area contributed by atoms with Crippen molar-refractivity contribution in [2.75, 3.05) is 0 Å². The number of benzene rings is 2. The van der Waals surface area contributed by atoms with Crippen LogP contribution in [0.4, 0.5) is 8.78 Å². The third-order valence-electron chi connectivity index (χ3n) is 2.93. The van der Waals surface area contributed by atoms with E-state index in [-0.39, 0.29) is 22.1 Å². The Labute approximate surface area is 106 Å². The molecule has 0 amide bonds. The molecule has 0 saturated carbocycles. The van der Waals surface area contributed by atoms with Crippen molar-refractivity contribution < 1.29 is 8.78 Å². The maximum Gasteiger partial charge on any atom is 0.189 e. The molecule has 0 bridgehead atoms. The molecular weight excluding hydrogens is 250 g/mol. The van der Waals surface area contributed by atoms with E-state index in [4.69, 9.17) is 0 Å². The molecule has 0 aliphatic heterocycles. The summed E-state index contributed by atoms with van der Waals surface area (Å²) in [6, 6.07) is 13.4. The molecule has 0 N–H and O–H groups in total. The normalized spacial score (nSPS) is 12.1. The molecule has 1 aromatic heterocycles. The smallest absolute Gasteiger partial charge is 0.189 e. The fraction of sp³-hybridized carbons (Fsp3) is 0.0667. The molecule has 1 atom stereocenters. The Morgan fingerprint density at radius 1 is 0.833 bits per heavy atom. The predicted molar refractivity (Wildman–Crippen MR) is 72.4 cm³/mol. The topological polar surface area (TPSA) is 0 Å². The van der Waals surface area contributed by atoms with Crippen LogP contribution in [-0.4, -0.2) is 0 Å². The van der Waals surface area contributed by atoms with Crippen LogP contribution in [0.1, 0.15) is 4.88 Å². The molecule has 0 spiro atoms. The zero-order chi connectivity index (χ0) is 12.7. The molecule has 3 aromatic rings. The first-order chi connectivity index (χ1) is 8.65. The Kier molecular flexibility index (Phi) is 2.63. The van der Waals surface area contributed by atoms with Crippen LogP contribution in [0.3, 0.4) is 0 Å². The largest absolute Gasteiger partial charge is 0.207 e. The molecule has 0 fully saturated rings. The van der Waals surface area contributed by atoms with Crippen LogP contribution < -0.4 is 0 Å². The molecule has 0 saturated heterocycles. The van der Waals surface area contributed by atoms with Gasteiger partial charge in [-0.05, 0) is 24.3 Å². The summed E-state index contributed by atoms with van der Waals surface area (Å²) in [6.45, 7) is 2.03. The van der Waals surface area contributed by atoms with Crippen LogP contribution in [0.25, 0.3) is 15.0 Å². The minimum Gasteiger partial charge on any atom is -0.207 e. The maximum atomic E-state index is 13.4. The van der Waals surface area contributed by atoms with Crippen molar-refractivity contribution in [3.63, 3.8) is 0 Å². The van der Waals surface area contributed by atoms with Crippen LogP contribution in [0.15, 0.2) is 48.5 Å². The SMILES string of the molecule is Cc1cc2ccc(F)cc2[s+]1-c1ccc(F)cc1. The predicted octanol–water partition coefficient (Wildman–Crippen LogP) is 5.16. The minimum atomic E-state index is -0.274. The van der Waals surface area contributed by atoms with Crippen molar-refractivity contribution in [3.05, 3.63) is 65.0 Å². The first-order valence-corrected chi connectivity index (χ1v) is 6.85. The van der Waals surface area contributed by atoms with Gasteiger partial charge < -0.3 is 0 Å². The summed E-state index contributed by atoms with van der Waals surface area (Å²) in [5.41, 5.74) is 0. The number of thiophene rings is 1. The Balaban J connectivity index is 2.30. The van der Waals surface area contributed by atoms with Gasteiger partial charge in [-0.25, -0.2) is 8.78 Å². The lowest BCUT2D eigenvalue weighted by molar-refractivity contribution is 0.628. The Bertz CT molecular complexity index is 711. The van der Waals surface area contributed by atoms with E-state index < -0.39 is 0 Å². The molecule has 18 heavy (non-hydrogen) atoms. The van der Waals surface area contributed by atoms with Crippen LogP contribution in [-0.2, 0) is 0 Å². The fourth-order valence-electron chi connectivity index (χ4n) is 2.14.